The molecule has 128 valence electrons. The fourth-order valence-corrected chi connectivity index (χ4v) is 3.39. The van der Waals surface area contributed by atoms with Crippen LogP contribution in [0.3, 0.4) is 0 Å². The highest BCUT2D eigenvalue weighted by atomic mass is 16.2. The second-order valence-corrected chi connectivity index (χ2v) is 6.47. The minimum Gasteiger partial charge on any atom is -0.369 e. The van der Waals surface area contributed by atoms with Gasteiger partial charge < -0.3 is 11.1 Å². The fourth-order valence-electron chi connectivity index (χ4n) is 3.39. The number of carbonyl (C=O) groups is 2. The molecule has 2 heterocycles. The predicted octanol–water partition coefficient (Wildman–Crippen LogP) is 0.271. The first-order valence-corrected chi connectivity index (χ1v) is 8.21. The van der Waals surface area contributed by atoms with Gasteiger partial charge in [0.1, 0.15) is 0 Å². The molecular formula is C16H27N5O2. The van der Waals surface area contributed by atoms with E-state index in [1.54, 1.807) is 0 Å². The number of nitrogens with one attached hydrogen (secondary N) is 2. The van der Waals surface area contributed by atoms with E-state index in [0.29, 0.717) is 18.9 Å². The smallest absolute Gasteiger partial charge is 0.231 e. The zero-order chi connectivity index (χ0) is 17.0. The maximum absolute atomic E-state index is 12.4. The summed E-state index contributed by atoms with van der Waals surface area (Å²) in [6.07, 6.45) is 2.42. The molecule has 7 heteroatoms. The summed E-state index contributed by atoms with van der Waals surface area (Å²) in [5, 5.41) is 10.2. The third kappa shape index (κ3) is 4.54. The number of aromatic amines is 1. The molecule has 2 atom stereocenters. The Bertz CT molecular complexity index is 549. The summed E-state index contributed by atoms with van der Waals surface area (Å²) < 4.78 is 0. The van der Waals surface area contributed by atoms with Crippen LogP contribution in [0.2, 0.25) is 0 Å². The summed E-state index contributed by atoms with van der Waals surface area (Å²) in [5.74, 6) is 0.0522. The Kier molecular flexibility index (Phi) is 5.76. The lowest BCUT2D eigenvalue weighted by atomic mass is 9.98. The summed E-state index contributed by atoms with van der Waals surface area (Å²) in [5.41, 5.74) is 8.04. The number of H-pyrrole nitrogens is 1. The highest BCUT2D eigenvalue weighted by molar-refractivity contribution is 5.79. The number of aromatic nitrogens is 2. The number of aryl methyl sites for hydroxylation is 2. The first-order valence-electron chi connectivity index (χ1n) is 8.21. The monoisotopic (exact) mass is 321 g/mol. The lowest BCUT2D eigenvalue weighted by molar-refractivity contribution is -0.121. The van der Waals surface area contributed by atoms with Crippen LogP contribution in [0, 0.1) is 19.8 Å². The van der Waals surface area contributed by atoms with Gasteiger partial charge in [-0.15, -0.1) is 0 Å². The average molecular weight is 321 g/mol. The van der Waals surface area contributed by atoms with Crippen molar-refractivity contribution in [2.24, 2.45) is 11.7 Å². The van der Waals surface area contributed by atoms with Crippen LogP contribution in [-0.2, 0) is 16.0 Å². The Morgan fingerprint density at radius 2 is 2.13 bits per heavy atom. The fraction of sp³-hybridized carbons (Fsp3) is 0.688. The van der Waals surface area contributed by atoms with Crippen LogP contribution in [0.15, 0.2) is 0 Å². The summed E-state index contributed by atoms with van der Waals surface area (Å²) in [7, 11) is 0. The molecule has 1 aliphatic rings. The zero-order valence-electron chi connectivity index (χ0n) is 14.2. The van der Waals surface area contributed by atoms with E-state index in [0.717, 1.165) is 36.3 Å². The molecule has 1 aromatic rings. The highest BCUT2D eigenvalue weighted by Crippen LogP contribution is 2.22. The van der Waals surface area contributed by atoms with Gasteiger partial charge >= 0.3 is 0 Å². The third-order valence-corrected chi connectivity index (χ3v) is 4.52. The summed E-state index contributed by atoms with van der Waals surface area (Å²) in [4.78, 5) is 25.5. The summed E-state index contributed by atoms with van der Waals surface area (Å²) in [6, 6.07) is 0.0781. The Morgan fingerprint density at radius 1 is 1.39 bits per heavy atom. The number of hydrogen-bond acceptors (Lipinski definition) is 4. The molecule has 1 aromatic heterocycles. The Labute approximate surface area is 137 Å². The van der Waals surface area contributed by atoms with Gasteiger partial charge in [-0.3, -0.25) is 19.6 Å². The summed E-state index contributed by atoms with van der Waals surface area (Å²) >= 11 is 0. The first kappa shape index (κ1) is 17.5. The van der Waals surface area contributed by atoms with Gasteiger partial charge in [0.2, 0.25) is 11.8 Å². The Balaban J connectivity index is 1.96. The number of rotatable bonds is 7. The topological polar surface area (TPSA) is 104 Å². The van der Waals surface area contributed by atoms with Crippen LogP contribution in [0.1, 0.15) is 36.7 Å². The van der Waals surface area contributed by atoms with Gasteiger partial charge in [0.05, 0.1) is 18.7 Å². The van der Waals surface area contributed by atoms with Gasteiger partial charge in [-0.2, -0.15) is 5.10 Å². The van der Waals surface area contributed by atoms with Gasteiger partial charge in [0.15, 0.2) is 0 Å². The molecule has 0 aliphatic carbocycles. The standard InChI is InChI=1S/C16H27N5O2/c1-4-5-12-7-21(9-15(17)22)8-14(12)18-16(23)6-13-10(2)19-20-11(13)3/h12,14H,4-9H2,1-3H3,(H2,17,22)(H,18,23)(H,19,20)/t12-,14-/m0/s1. The SMILES string of the molecule is CCC[C@H]1CN(CC(N)=O)C[C@@H]1NC(=O)Cc1c(C)n[nH]c1C. The third-order valence-electron chi connectivity index (χ3n) is 4.52. The molecule has 1 saturated heterocycles. The molecule has 23 heavy (non-hydrogen) atoms. The summed E-state index contributed by atoms with van der Waals surface area (Å²) in [6.45, 7) is 7.71. The average Bonchev–Trinajstić information content (AvgIpc) is 2.96. The maximum Gasteiger partial charge on any atom is 0.231 e. The molecule has 0 bridgehead atoms. The van der Waals surface area contributed by atoms with E-state index < -0.39 is 0 Å². The van der Waals surface area contributed by atoms with Crippen molar-refractivity contribution in [2.45, 2.75) is 46.1 Å². The van der Waals surface area contributed by atoms with Crippen LogP contribution in [0.25, 0.3) is 0 Å². The van der Waals surface area contributed by atoms with Crippen LogP contribution < -0.4 is 11.1 Å². The van der Waals surface area contributed by atoms with Gasteiger partial charge in [0, 0.05) is 30.4 Å². The van der Waals surface area contributed by atoms with Crippen molar-refractivity contribution in [2.75, 3.05) is 19.6 Å². The molecule has 1 aliphatic heterocycles. The number of nitrogens with two attached hydrogens (primary N) is 1. The number of likely N-dealkylation sites (tertiary alicyclic amines) is 1. The minimum absolute atomic E-state index is 0.00429. The molecular weight excluding hydrogens is 294 g/mol. The predicted molar refractivity (Wildman–Crippen MR) is 87.7 cm³/mol. The van der Waals surface area contributed by atoms with E-state index in [1.807, 2.05) is 18.7 Å². The molecule has 2 rings (SSSR count). The molecule has 2 amide bonds. The van der Waals surface area contributed by atoms with E-state index in [-0.39, 0.29) is 24.4 Å². The van der Waals surface area contributed by atoms with Crippen molar-refractivity contribution in [3.63, 3.8) is 0 Å². The van der Waals surface area contributed by atoms with Crippen molar-refractivity contribution >= 4 is 11.8 Å². The van der Waals surface area contributed by atoms with E-state index in [2.05, 4.69) is 22.4 Å². The highest BCUT2D eigenvalue weighted by Gasteiger charge is 2.33. The molecule has 0 unspecified atom stereocenters. The molecule has 0 aromatic carbocycles. The second kappa shape index (κ2) is 7.59. The molecule has 1 fully saturated rings. The number of carbonyl (C=O) groups excluding carboxylic acids is 2. The van der Waals surface area contributed by atoms with Crippen molar-refractivity contribution in [3.05, 3.63) is 17.0 Å². The molecule has 4 N–H and O–H groups in total. The lowest BCUT2D eigenvalue weighted by Crippen LogP contribution is -2.42. The zero-order valence-corrected chi connectivity index (χ0v) is 14.2. The van der Waals surface area contributed by atoms with Crippen LogP contribution in [0.5, 0.6) is 0 Å². The molecule has 7 nitrogen and oxygen atoms in total. The number of primary amides is 1. The van der Waals surface area contributed by atoms with Crippen molar-refractivity contribution in [1.29, 1.82) is 0 Å². The number of nitrogens with zero attached hydrogens (tertiary/aromatic N) is 2. The van der Waals surface area contributed by atoms with Crippen molar-refractivity contribution in [3.8, 4) is 0 Å². The van der Waals surface area contributed by atoms with Gasteiger partial charge in [0.25, 0.3) is 0 Å². The second-order valence-electron chi connectivity index (χ2n) is 6.47. The van der Waals surface area contributed by atoms with E-state index >= 15 is 0 Å². The quantitative estimate of drug-likeness (QED) is 0.670. The molecule has 0 saturated carbocycles. The van der Waals surface area contributed by atoms with Crippen LogP contribution in [-0.4, -0.2) is 52.6 Å². The number of hydrogen-bond donors (Lipinski definition) is 3. The van der Waals surface area contributed by atoms with Crippen LogP contribution >= 0.6 is 0 Å². The van der Waals surface area contributed by atoms with E-state index in [1.165, 1.54) is 0 Å². The van der Waals surface area contributed by atoms with Gasteiger partial charge in [-0.05, 0) is 26.2 Å². The van der Waals surface area contributed by atoms with Gasteiger partial charge in [-0.1, -0.05) is 13.3 Å². The number of amides is 2. The minimum atomic E-state index is -0.322. The van der Waals surface area contributed by atoms with E-state index in [9.17, 15) is 9.59 Å². The Morgan fingerprint density at radius 3 is 2.70 bits per heavy atom. The van der Waals surface area contributed by atoms with Gasteiger partial charge in [-0.25, -0.2) is 0 Å². The largest absolute Gasteiger partial charge is 0.369 e. The molecule has 0 radical (unpaired) electrons. The normalized spacial score (nSPS) is 21.5. The lowest BCUT2D eigenvalue weighted by Gasteiger charge is -2.19. The van der Waals surface area contributed by atoms with E-state index in [4.69, 9.17) is 5.73 Å². The molecule has 0 spiro atoms. The van der Waals surface area contributed by atoms with Crippen LogP contribution in [0.4, 0.5) is 0 Å². The first-order chi connectivity index (χ1) is 10.9. The maximum atomic E-state index is 12.4. The Hall–Kier alpha value is -1.89. The van der Waals surface area contributed by atoms with Crippen molar-refractivity contribution < 1.29 is 9.59 Å². The van der Waals surface area contributed by atoms with Crippen molar-refractivity contribution in [1.82, 2.24) is 20.4 Å².